The van der Waals surface area contributed by atoms with Gasteiger partial charge < -0.3 is 4.57 Å². The Morgan fingerprint density at radius 3 is 2.22 bits per heavy atom. The van der Waals surface area contributed by atoms with Crippen LogP contribution in [0.15, 0.2) is 48.5 Å². The molecule has 0 radical (unpaired) electrons. The molecule has 0 amide bonds. The van der Waals surface area contributed by atoms with Gasteiger partial charge >= 0.3 is 0 Å². The average molecular weight is 386 g/mol. The lowest BCUT2D eigenvalue weighted by Gasteiger charge is -2.21. The minimum Gasteiger partial charge on any atom is -0.303 e. The molecule has 140 valence electrons. The number of halogens is 2. The first-order chi connectivity index (χ1) is 13.0. The van der Waals surface area contributed by atoms with E-state index in [4.69, 9.17) is 12.2 Å². The minimum absolute atomic E-state index is 0.229. The van der Waals surface area contributed by atoms with Crippen LogP contribution in [0.4, 0.5) is 8.78 Å². The van der Waals surface area contributed by atoms with Gasteiger partial charge in [0.1, 0.15) is 11.6 Å². The highest BCUT2D eigenvalue weighted by Gasteiger charge is 2.29. The predicted molar refractivity (Wildman–Crippen MR) is 102 cm³/mol. The van der Waals surface area contributed by atoms with Crippen molar-refractivity contribution in [3.05, 3.63) is 70.5 Å². The van der Waals surface area contributed by atoms with Gasteiger partial charge in [-0.25, -0.2) is 13.5 Å². The molecule has 1 fully saturated rings. The van der Waals surface area contributed by atoms with Gasteiger partial charge in [-0.2, -0.15) is 5.10 Å². The Bertz CT molecular complexity index is 988. The molecular weight excluding hydrogens is 366 g/mol. The van der Waals surface area contributed by atoms with E-state index in [0.717, 1.165) is 30.5 Å². The quantitative estimate of drug-likeness (QED) is 0.583. The molecule has 27 heavy (non-hydrogen) atoms. The van der Waals surface area contributed by atoms with Crippen LogP contribution in [0.2, 0.25) is 0 Å². The van der Waals surface area contributed by atoms with E-state index in [1.165, 1.54) is 24.3 Å². The van der Waals surface area contributed by atoms with Crippen LogP contribution in [-0.4, -0.2) is 25.3 Å². The fourth-order valence-corrected chi connectivity index (χ4v) is 3.35. The fraction of sp³-hybridized carbons (Fsp3) is 0.300. The van der Waals surface area contributed by atoms with E-state index in [1.807, 2.05) is 23.7 Å². The van der Waals surface area contributed by atoms with Crippen LogP contribution in [-0.2, 0) is 20.3 Å². The van der Waals surface area contributed by atoms with Crippen LogP contribution in [0, 0.1) is 16.4 Å². The average Bonchev–Trinajstić information content (AvgIpc) is 3.47. The molecule has 0 bridgehead atoms. The summed E-state index contributed by atoms with van der Waals surface area (Å²) in [5.41, 5.74) is 1.88. The van der Waals surface area contributed by atoms with Crippen molar-refractivity contribution < 1.29 is 8.78 Å². The van der Waals surface area contributed by atoms with Gasteiger partial charge in [0, 0.05) is 25.2 Å². The molecule has 1 heterocycles. The number of rotatable bonds is 6. The van der Waals surface area contributed by atoms with E-state index >= 15 is 0 Å². The van der Waals surface area contributed by atoms with Crippen LogP contribution < -0.4 is 0 Å². The Morgan fingerprint density at radius 2 is 1.63 bits per heavy atom. The molecule has 0 N–H and O–H groups in total. The predicted octanol–water partition coefficient (Wildman–Crippen LogP) is 4.52. The van der Waals surface area contributed by atoms with Gasteiger partial charge in [-0.1, -0.05) is 12.1 Å². The van der Waals surface area contributed by atoms with Crippen LogP contribution >= 0.6 is 12.2 Å². The first kappa shape index (κ1) is 18.0. The monoisotopic (exact) mass is 386 g/mol. The van der Waals surface area contributed by atoms with E-state index in [9.17, 15) is 8.78 Å². The summed E-state index contributed by atoms with van der Waals surface area (Å²) in [6, 6.07) is 13.3. The highest BCUT2D eigenvalue weighted by molar-refractivity contribution is 7.71. The van der Waals surface area contributed by atoms with E-state index in [-0.39, 0.29) is 11.6 Å². The SMILES string of the molecule is Cn1c(-c2ccc(F)cc2)nn(CN(Cc2ccc(F)cc2)C2CC2)c1=S. The van der Waals surface area contributed by atoms with Gasteiger partial charge in [-0.05, 0) is 67.0 Å². The first-order valence-electron chi connectivity index (χ1n) is 8.89. The molecule has 1 aliphatic carbocycles. The number of hydrogen-bond acceptors (Lipinski definition) is 3. The summed E-state index contributed by atoms with van der Waals surface area (Å²) in [4.78, 5) is 2.31. The summed E-state index contributed by atoms with van der Waals surface area (Å²) in [6.07, 6.45) is 2.29. The van der Waals surface area contributed by atoms with Gasteiger partial charge in [0.25, 0.3) is 0 Å². The Morgan fingerprint density at radius 1 is 1.04 bits per heavy atom. The third-order valence-corrected chi connectivity index (χ3v) is 5.31. The molecule has 0 atom stereocenters. The molecule has 4 nitrogen and oxygen atoms in total. The molecule has 1 aliphatic rings. The van der Waals surface area contributed by atoms with E-state index in [2.05, 4.69) is 10.00 Å². The Hall–Kier alpha value is -2.38. The molecule has 0 spiro atoms. The maximum absolute atomic E-state index is 13.2. The van der Waals surface area contributed by atoms with Crippen molar-refractivity contribution in [3.8, 4) is 11.4 Å². The fourth-order valence-electron chi connectivity index (χ4n) is 3.16. The smallest absolute Gasteiger partial charge is 0.199 e. The lowest BCUT2D eigenvalue weighted by Crippen LogP contribution is -2.29. The minimum atomic E-state index is -0.279. The molecular formula is C20H20F2N4S. The molecule has 1 aromatic heterocycles. The molecule has 3 aromatic rings. The van der Waals surface area contributed by atoms with Crippen LogP contribution in [0.25, 0.3) is 11.4 Å². The van der Waals surface area contributed by atoms with Crippen molar-refractivity contribution in [3.63, 3.8) is 0 Å². The van der Waals surface area contributed by atoms with Crippen molar-refractivity contribution in [2.24, 2.45) is 7.05 Å². The highest BCUT2D eigenvalue weighted by atomic mass is 32.1. The van der Waals surface area contributed by atoms with Crippen molar-refractivity contribution in [1.29, 1.82) is 0 Å². The zero-order chi connectivity index (χ0) is 19.0. The Kier molecular flexibility index (Phi) is 4.88. The second-order valence-electron chi connectivity index (χ2n) is 6.92. The molecule has 2 aromatic carbocycles. The van der Waals surface area contributed by atoms with E-state index in [1.54, 1.807) is 16.8 Å². The third kappa shape index (κ3) is 3.99. The second kappa shape index (κ2) is 7.32. The zero-order valence-corrected chi connectivity index (χ0v) is 15.8. The molecule has 1 saturated carbocycles. The molecule has 0 unspecified atom stereocenters. The summed E-state index contributed by atoms with van der Waals surface area (Å²) in [5.74, 6) is 0.198. The van der Waals surface area contributed by atoms with Crippen LogP contribution in [0.1, 0.15) is 18.4 Å². The Balaban J connectivity index is 1.58. The first-order valence-corrected chi connectivity index (χ1v) is 9.30. The lowest BCUT2D eigenvalue weighted by molar-refractivity contribution is 0.186. The van der Waals surface area contributed by atoms with Gasteiger partial charge in [-0.15, -0.1) is 0 Å². The normalized spacial score (nSPS) is 14.1. The van der Waals surface area contributed by atoms with Crippen LogP contribution in [0.3, 0.4) is 0 Å². The van der Waals surface area contributed by atoms with E-state index < -0.39 is 0 Å². The van der Waals surface area contributed by atoms with Gasteiger partial charge in [0.2, 0.25) is 0 Å². The topological polar surface area (TPSA) is 26.0 Å². The lowest BCUT2D eigenvalue weighted by atomic mass is 10.2. The van der Waals surface area contributed by atoms with Crippen LogP contribution in [0.5, 0.6) is 0 Å². The maximum Gasteiger partial charge on any atom is 0.199 e. The zero-order valence-electron chi connectivity index (χ0n) is 15.0. The molecule has 7 heteroatoms. The Labute approximate surface area is 161 Å². The van der Waals surface area contributed by atoms with Crippen molar-refractivity contribution in [2.75, 3.05) is 0 Å². The maximum atomic E-state index is 13.2. The number of nitrogens with zero attached hydrogens (tertiary/aromatic N) is 4. The molecule has 0 aliphatic heterocycles. The number of benzene rings is 2. The molecule has 0 saturated heterocycles. The number of aromatic nitrogens is 3. The summed E-state index contributed by atoms with van der Waals surface area (Å²) in [7, 11) is 1.87. The van der Waals surface area contributed by atoms with Crippen molar-refractivity contribution >= 4 is 12.2 Å². The van der Waals surface area contributed by atoms with Crippen molar-refractivity contribution in [2.45, 2.75) is 32.1 Å². The van der Waals surface area contributed by atoms with Gasteiger partial charge in [0.15, 0.2) is 10.6 Å². The summed E-state index contributed by atoms with van der Waals surface area (Å²) >= 11 is 5.56. The summed E-state index contributed by atoms with van der Waals surface area (Å²) < 4.78 is 30.6. The standard InChI is InChI=1S/C20H20F2N4S/c1-24-19(15-4-8-17(22)9-5-15)23-26(20(24)27)13-25(18-10-11-18)12-14-2-6-16(21)7-3-14/h2-9,18H,10-13H2,1H3. The van der Waals surface area contributed by atoms with E-state index in [0.29, 0.717) is 23.3 Å². The summed E-state index contributed by atoms with van der Waals surface area (Å²) in [6.45, 7) is 1.28. The van der Waals surface area contributed by atoms with Crippen molar-refractivity contribution in [1.82, 2.24) is 19.2 Å². The van der Waals surface area contributed by atoms with Gasteiger partial charge in [0.05, 0.1) is 6.67 Å². The highest BCUT2D eigenvalue weighted by Crippen LogP contribution is 2.29. The largest absolute Gasteiger partial charge is 0.303 e. The van der Waals surface area contributed by atoms with Gasteiger partial charge in [-0.3, -0.25) is 4.90 Å². The second-order valence-corrected chi connectivity index (χ2v) is 7.28. The third-order valence-electron chi connectivity index (χ3n) is 4.82. The molecule has 4 rings (SSSR count). The summed E-state index contributed by atoms with van der Waals surface area (Å²) in [5, 5.41) is 4.67. The number of hydrogen-bond donors (Lipinski definition) is 0.